The van der Waals surface area contributed by atoms with Gasteiger partial charge in [-0.25, -0.2) is 0 Å². The van der Waals surface area contributed by atoms with Gasteiger partial charge in [0.05, 0.1) is 12.1 Å². The molecule has 0 bridgehead atoms. The zero-order chi connectivity index (χ0) is 23.0. The molecule has 31 heavy (non-hydrogen) atoms. The van der Waals surface area contributed by atoms with Gasteiger partial charge in [-0.15, -0.1) is 0 Å². The topological polar surface area (TPSA) is 67.9 Å². The molecule has 2 atom stereocenters. The molecule has 6 nitrogen and oxygen atoms in total. The molecule has 0 aliphatic heterocycles. The zero-order valence-electron chi connectivity index (χ0n) is 18.2. The molecule has 0 aliphatic carbocycles. The minimum Gasteiger partial charge on any atom is -0.497 e. The fourth-order valence-electron chi connectivity index (χ4n) is 2.83. The van der Waals surface area contributed by atoms with Crippen molar-refractivity contribution in [2.24, 2.45) is 0 Å². The van der Waals surface area contributed by atoms with Gasteiger partial charge in [-0.2, -0.15) is 0 Å². The minimum absolute atomic E-state index is 0.0153. The largest absolute Gasteiger partial charge is 0.497 e. The number of nitrogens with zero attached hydrogens (tertiary/aromatic N) is 1. The Morgan fingerprint density at radius 1 is 1.19 bits per heavy atom. The number of amides is 2. The van der Waals surface area contributed by atoms with Crippen molar-refractivity contribution < 1.29 is 19.1 Å². The summed E-state index contributed by atoms with van der Waals surface area (Å²) in [6.45, 7) is 5.62. The SMILES string of the molecule is CC[C@@H](C)NC(=O)[C@H](C)N(Cc1cccc(OC)c1)C(=O)COc1ccc(Br)cc1Cl. The summed E-state index contributed by atoms with van der Waals surface area (Å²) in [6, 6.07) is 11.9. The van der Waals surface area contributed by atoms with Gasteiger partial charge in [-0.1, -0.05) is 46.6 Å². The summed E-state index contributed by atoms with van der Waals surface area (Å²) in [6.07, 6.45) is 0.799. The fourth-order valence-corrected chi connectivity index (χ4v) is 3.56. The average Bonchev–Trinajstić information content (AvgIpc) is 2.76. The van der Waals surface area contributed by atoms with Crippen LogP contribution in [-0.2, 0) is 16.1 Å². The molecule has 1 N–H and O–H groups in total. The molecule has 8 heteroatoms. The van der Waals surface area contributed by atoms with Crippen molar-refractivity contribution in [3.05, 3.63) is 57.5 Å². The van der Waals surface area contributed by atoms with E-state index in [1.165, 1.54) is 4.90 Å². The van der Waals surface area contributed by atoms with E-state index in [1.807, 2.05) is 38.1 Å². The van der Waals surface area contributed by atoms with Crippen molar-refractivity contribution in [2.45, 2.75) is 45.8 Å². The Morgan fingerprint density at radius 3 is 2.58 bits per heavy atom. The van der Waals surface area contributed by atoms with Gasteiger partial charge in [0.1, 0.15) is 17.5 Å². The minimum atomic E-state index is -0.684. The number of carbonyl (C=O) groups excluding carboxylic acids is 2. The third kappa shape index (κ3) is 7.43. The van der Waals surface area contributed by atoms with Gasteiger partial charge in [-0.3, -0.25) is 9.59 Å². The lowest BCUT2D eigenvalue weighted by molar-refractivity contribution is -0.142. The first kappa shape index (κ1) is 25.0. The van der Waals surface area contributed by atoms with Crippen LogP contribution in [0.2, 0.25) is 5.02 Å². The Morgan fingerprint density at radius 2 is 1.94 bits per heavy atom. The van der Waals surface area contributed by atoms with Crippen LogP contribution in [0.25, 0.3) is 0 Å². The van der Waals surface area contributed by atoms with E-state index in [1.54, 1.807) is 32.2 Å². The van der Waals surface area contributed by atoms with Crippen LogP contribution in [0.5, 0.6) is 11.5 Å². The number of carbonyl (C=O) groups is 2. The monoisotopic (exact) mass is 510 g/mol. The number of benzene rings is 2. The van der Waals surface area contributed by atoms with E-state index in [0.717, 1.165) is 16.5 Å². The van der Waals surface area contributed by atoms with Gasteiger partial charge in [0, 0.05) is 17.1 Å². The first-order valence-electron chi connectivity index (χ1n) is 10.1. The van der Waals surface area contributed by atoms with Crippen molar-refractivity contribution >= 4 is 39.3 Å². The highest BCUT2D eigenvalue weighted by molar-refractivity contribution is 9.10. The summed E-state index contributed by atoms with van der Waals surface area (Å²) < 4.78 is 11.7. The van der Waals surface area contributed by atoms with Gasteiger partial charge >= 0.3 is 0 Å². The van der Waals surface area contributed by atoms with Crippen molar-refractivity contribution in [2.75, 3.05) is 13.7 Å². The fraction of sp³-hybridized carbons (Fsp3) is 0.391. The second kappa shape index (κ2) is 12.0. The van der Waals surface area contributed by atoms with Crippen LogP contribution in [0.3, 0.4) is 0 Å². The van der Waals surface area contributed by atoms with E-state index in [0.29, 0.717) is 16.5 Å². The van der Waals surface area contributed by atoms with Crippen LogP contribution >= 0.6 is 27.5 Å². The molecule has 0 unspecified atom stereocenters. The maximum absolute atomic E-state index is 13.1. The molecule has 2 aromatic rings. The van der Waals surface area contributed by atoms with Crippen molar-refractivity contribution in [1.29, 1.82) is 0 Å². The quantitative estimate of drug-likeness (QED) is 0.496. The maximum Gasteiger partial charge on any atom is 0.261 e. The van der Waals surface area contributed by atoms with Gasteiger partial charge < -0.3 is 19.7 Å². The Bertz CT molecular complexity index is 909. The molecular formula is C23H28BrClN2O4. The molecule has 0 radical (unpaired) electrons. The third-order valence-electron chi connectivity index (χ3n) is 4.90. The standard InChI is InChI=1S/C23H28BrClN2O4/c1-5-15(2)26-23(29)16(3)27(13-17-7-6-8-19(11-17)30-4)22(28)14-31-21-10-9-18(24)12-20(21)25/h6-12,15-16H,5,13-14H2,1-4H3,(H,26,29)/t15-,16+/m1/s1. The molecule has 0 aliphatic rings. The summed E-state index contributed by atoms with van der Waals surface area (Å²) in [4.78, 5) is 27.3. The van der Waals surface area contributed by atoms with Gasteiger partial charge in [0.25, 0.3) is 5.91 Å². The molecule has 0 spiro atoms. The van der Waals surface area contributed by atoms with Crippen LogP contribution in [0, 0.1) is 0 Å². The van der Waals surface area contributed by atoms with Crippen LogP contribution in [-0.4, -0.2) is 42.5 Å². The number of methoxy groups -OCH3 is 1. The normalized spacial score (nSPS) is 12.6. The highest BCUT2D eigenvalue weighted by Crippen LogP contribution is 2.28. The Labute approximate surface area is 197 Å². The highest BCUT2D eigenvalue weighted by Gasteiger charge is 2.27. The first-order valence-corrected chi connectivity index (χ1v) is 11.2. The van der Waals surface area contributed by atoms with E-state index < -0.39 is 6.04 Å². The lowest BCUT2D eigenvalue weighted by Gasteiger charge is -2.29. The summed E-state index contributed by atoms with van der Waals surface area (Å²) in [5.74, 6) is 0.539. The van der Waals surface area contributed by atoms with E-state index >= 15 is 0 Å². The number of halogens is 2. The molecule has 0 heterocycles. The highest BCUT2D eigenvalue weighted by atomic mass is 79.9. The summed E-state index contributed by atoms with van der Waals surface area (Å²) in [7, 11) is 1.58. The van der Waals surface area contributed by atoms with Crippen molar-refractivity contribution in [3.63, 3.8) is 0 Å². The molecule has 0 saturated carbocycles. The molecule has 2 amide bonds. The maximum atomic E-state index is 13.1. The lowest BCUT2D eigenvalue weighted by atomic mass is 10.1. The zero-order valence-corrected chi connectivity index (χ0v) is 20.5. The van der Waals surface area contributed by atoms with Crippen molar-refractivity contribution in [1.82, 2.24) is 10.2 Å². The van der Waals surface area contributed by atoms with E-state index in [4.69, 9.17) is 21.1 Å². The Kier molecular flexibility index (Phi) is 9.65. The number of hydrogen-bond donors (Lipinski definition) is 1. The molecule has 0 fully saturated rings. The van der Waals surface area contributed by atoms with Gasteiger partial charge in [0.2, 0.25) is 5.91 Å². The molecular weight excluding hydrogens is 484 g/mol. The second-order valence-electron chi connectivity index (χ2n) is 7.23. The summed E-state index contributed by atoms with van der Waals surface area (Å²) in [5, 5.41) is 3.33. The number of rotatable bonds is 10. The van der Waals surface area contributed by atoms with Crippen molar-refractivity contribution in [3.8, 4) is 11.5 Å². The van der Waals surface area contributed by atoms with E-state index in [2.05, 4.69) is 21.2 Å². The Hall–Kier alpha value is -2.25. The number of hydrogen-bond acceptors (Lipinski definition) is 4. The predicted octanol–water partition coefficient (Wildman–Crippen LogP) is 4.82. The smallest absolute Gasteiger partial charge is 0.261 e. The lowest BCUT2D eigenvalue weighted by Crippen LogP contribution is -2.50. The van der Waals surface area contributed by atoms with Crippen LogP contribution < -0.4 is 14.8 Å². The molecule has 168 valence electrons. The van der Waals surface area contributed by atoms with Crippen LogP contribution in [0.15, 0.2) is 46.9 Å². The molecule has 0 aromatic heterocycles. The van der Waals surface area contributed by atoms with Gasteiger partial charge in [0.15, 0.2) is 6.61 Å². The molecule has 2 rings (SSSR count). The third-order valence-corrected chi connectivity index (χ3v) is 5.69. The van der Waals surface area contributed by atoms with Crippen LogP contribution in [0.4, 0.5) is 0 Å². The van der Waals surface area contributed by atoms with E-state index in [-0.39, 0.29) is 31.0 Å². The first-order chi connectivity index (χ1) is 14.7. The van der Waals surface area contributed by atoms with Gasteiger partial charge in [-0.05, 0) is 56.2 Å². The number of ether oxygens (including phenoxy) is 2. The summed E-state index contributed by atoms with van der Waals surface area (Å²) in [5.41, 5.74) is 0.845. The second-order valence-corrected chi connectivity index (χ2v) is 8.55. The Balaban J connectivity index is 2.20. The predicted molar refractivity (Wildman–Crippen MR) is 126 cm³/mol. The molecule has 2 aromatic carbocycles. The molecule has 0 saturated heterocycles. The van der Waals surface area contributed by atoms with Crippen LogP contribution in [0.1, 0.15) is 32.8 Å². The van der Waals surface area contributed by atoms with E-state index in [9.17, 15) is 9.59 Å². The average molecular weight is 512 g/mol. The number of nitrogens with one attached hydrogen (secondary N) is 1. The summed E-state index contributed by atoms with van der Waals surface area (Å²) >= 11 is 9.52.